The number of aromatic nitrogens is 1. The number of carbonyl (C=O) groups is 1. The van der Waals surface area contributed by atoms with Gasteiger partial charge in [0.2, 0.25) is 0 Å². The van der Waals surface area contributed by atoms with Gasteiger partial charge < -0.3 is 4.74 Å². The van der Waals surface area contributed by atoms with Crippen molar-refractivity contribution in [3.63, 3.8) is 0 Å². The van der Waals surface area contributed by atoms with Crippen LogP contribution < -0.4 is 0 Å². The minimum atomic E-state index is -0.800. The van der Waals surface area contributed by atoms with E-state index in [0.717, 1.165) is 13.2 Å². The summed E-state index contributed by atoms with van der Waals surface area (Å²) in [7, 11) is 1.15. The predicted molar refractivity (Wildman–Crippen MR) is 54.8 cm³/mol. The van der Waals surface area contributed by atoms with Gasteiger partial charge >= 0.3 is 11.7 Å². The Kier molecular flexibility index (Phi) is 3.80. The second kappa shape index (κ2) is 5.09. The van der Waals surface area contributed by atoms with Gasteiger partial charge in [0, 0.05) is 18.2 Å². The summed E-state index contributed by atoms with van der Waals surface area (Å²) in [6, 6.07) is 1.11. The molecule has 1 aromatic heterocycles. The Hall–Kier alpha value is -2.13. The molecule has 0 N–H and O–H groups in total. The second-order valence-electron chi connectivity index (χ2n) is 2.52. The van der Waals surface area contributed by atoms with Crippen LogP contribution in [0.4, 0.5) is 5.69 Å². The van der Waals surface area contributed by atoms with Gasteiger partial charge in [-0.05, 0) is 5.92 Å². The van der Waals surface area contributed by atoms with Crippen molar-refractivity contribution >= 4 is 23.3 Å². The van der Waals surface area contributed by atoms with Crippen LogP contribution in [0, 0.1) is 22.0 Å². The number of halogens is 1. The van der Waals surface area contributed by atoms with E-state index in [1.807, 2.05) is 5.92 Å². The molecule has 82 valence electrons. The SMILES string of the molecule is COC(=O)C#Cc1ncc(Cl)cc1[N+](=O)[O-]. The lowest BCUT2D eigenvalue weighted by Gasteiger charge is -1.94. The lowest BCUT2D eigenvalue weighted by Crippen LogP contribution is -1.97. The Morgan fingerprint density at radius 1 is 1.69 bits per heavy atom. The molecule has 0 aliphatic rings. The second-order valence-corrected chi connectivity index (χ2v) is 2.96. The first-order valence-electron chi connectivity index (χ1n) is 3.94. The topological polar surface area (TPSA) is 82.3 Å². The summed E-state index contributed by atoms with van der Waals surface area (Å²) in [5.41, 5.74) is -0.497. The highest BCUT2D eigenvalue weighted by molar-refractivity contribution is 6.30. The van der Waals surface area contributed by atoms with E-state index in [1.165, 1.54) is 6.20 Å². The van der Waals surface area contributed by atoms with Crippen LogP contribution in [0.5, 0.6) is 0 Å². The number of hydrogen-bond donors (Lipinski definition) is 0. The van der Waals surface area contributed by atoms with E-state index in [0.29, 0.717) is 0 Å². The Balaban J connectivity index is 3.17. The lowest BCUT2D eigenvalue weighted by molar-refractivity contribution is -0.385. The predicted octanol–water partition coefficient (Wildman–Crippen LogP) is 1.17. The number of ether oxygens (including phenoxy) is 1. The van der Waals surface area contributed by atoms with Gasteiger partial charge in [-0.25, -0.2) is 9.78 Å². The molecular formula is C9H5ClN2O4. The average Bonchev–Trinajstić information content (AvgIpc) is 2.26. The van der Waals surface area contributed by atoms with Gasteiger partial charge in [0.1, 0.15) is 0 Å². The molecule has 1 rings (SSSR count). The van der Waals surface area contributed by atoms with E-state index in [4.69, 9.17) is 11.6 Å². The van der Waals surface area contributed by atoms with Crippen molar-refractivity contribution in [2.75, 3.05) is 7.11 Å². The highest BCUT2D eigenvalue weighted by Crippen LogP contribution is 2.19. The van der Waals surface area contributed by atoms with Crippen LogP contribution in [0.2, 0.25) is 5.02 Å². The van der Waals surface area contributed by atoms with E-state index in [-0.39, 0.29) is 16.4 Å². The van der Waals surface area contributed by atoms with Crippen LogP contribution in [-0.2, 0) is 9.53 Å². The Bertz CT molecular complexity index is 504. The molecule has 0 spiro atoms. The minimum Gasteiger partial charge on any atom is -0.459 e. The molecule has 16 heavy (non-hydrogen) atoms. The van der Waals surface area contributed by atoms with Crippen LogP contribution in [0.1, 0.15) is 5.69 Å². The van der Waals surface area contributed by atoms with E-state index >= 15 is 0 Å². The largest absolute Gasteiger partial charge is 0.459 e. The lowest BCUT2D eigenvalue weighted by atomic mass is 10.3. The zero-order valence-electron chi connectivity index (χ0n) is 8.06. The first-order chi connectivity index (χ1) is 7.54. The summed E-state index contributed by atoms with van der Waals surface area (Å²) >= 11 is 5.54. The third kappa shape index (κ3) is 2.93. The van der Waals surface area contributed by atoms with Gasteiger partial charge in [-0.15, -0.1) is 0 Å². The van der Waals surface area contributed by atoms with Gasteiger partial charge in [0.05, 0.1) is 17.1 Å². The summed E-state index contributed by atoms with van der Waals surface area (Å²) in [6.45, 7) is 0. The summed E-state index contributed by atoms with van der Waals surface area (Å²) in [6.07, 6.45) is 1.20. The molecule has 0 aliphatic heterocycles. The summed E-state index contributed by atoms with van der Waals surface area (Å²) in [5, 5.41) is 10.7. The standard InChI is InChI=1S/C9H5ClN2O4/c1-16-9(13)3-2-7-8(12(14)15)4-6(10)5-11-7/h4-5H,1H3. The maximum Gasteiger partial charge on any atom is 0.384 e. The number of methoxy groups -OCH3 is 1. The van der Waals surface area contributed by atoms with Crippen LogP contribution in [-0.4, -0.2) is 23.0 Å². The fourth-order valence-electron chi connectivity index (χ4n) is 0.825. The monoisotopic (exact) mass is 240 g/mol. The third-order valence-electron chi connectivity index (χ3n) is 1.50. The number of hydrogen-bond acceptors (Lipinski definition) is 5. The molecule has 0 aromatic carbocycles. The smallest absolute Gasteiger partial charge is 0.384 e. The first-order valence-corrected chi connectivity index (χ1v) is 4.32. The number of carbonyl (C=O) groups excluding carboxylic acids is 1. The quantitative estimate of drug-likeness (QED) is 0.318. The molecule has 0 saturated carbocycles. The number of pyridine rings is 1. The van der Waals surface area contributed by atoms with Crippen molar-refractivity contribution in [3.8, 4) is 11.8 Å². The van der Waals surface area contributed by atoms with Crippen LogP contribution >= 0.6 is 11.6 Å². The van der Waals surface area contributed by atoms with Crippen molar-refractivity contribution in [2.45, 2.75) is 0 Å². The van der Waals surface area contributed by atoms with E-state index in [2.05, 4.69) is 15.6 Å². The van der Waals surface area contributed by atoms with Crippen LogP contribution in [0.3, 0.4) is 0 Å². The first kappa shape index (κ1) is 11.9. The molecule has 0 amide bonds. The van der Waals surface area contributed by atoms with Crippen molar-refractivity contribution in [2.24, 2.45) is 0 Å². The highest BCUT2D eigenvalue weighted by Gasteiger charge is 2.14. The van der Waals surface area contributed by atoms with Crippen molar-refractivity contribution in [1.82, 2.24) is 4.98 Å². The third-order valence-corrected chi connectivity index (χ3v) is 1.71. The number of rotatable bonds is 1. The maximum atomic E-state index is 10.7. The van der Waals surface area contributed by atoms with Crippen LogP contribution in [0.15, 0.2) is 12.3 Å². The Morgan fingerprint density at radius 3 is 2.94 bits per heavy atom. The molecule has 0 unspecified atom stereocenters. The Morgan fingerprint density at radius 2 is 2.38 bits per heavy atom. The van der Waals surface area contributed by atoms with Crippen molar-refractivity contribution in [3.05, 3.63) is 33.1 Å². The van der Waals surface area contributed by atoms with E-state index in [1.54, 1.807) is 0 Å². The number of nitro groups is 1. The highest BCUT2D eigenvalue weighted by atomic mass is 35.5. The van der Waals surface area contributed by atoms with E-state index < -0.39 is 10.9 Å². The zero-order valence-corrected chi connectivity index (χ0v) is 8.82. The molecule has 6 nitrogen and oxygen atoms in total. The molecule has 0 bridgehead atoms. The van der Waals surface area contributed by atoms with Gasteiger partial charge in [-0.3, -0.25) is 10.1 Å². The van der Waals surface area contributed by atoms with Crippen molar-refractivity contribution < 1.29 is 14.5 Å². The molecular weight excluding hydrogens is 236 g/mol. The molecule has 0 aliphatic carbocycles. The number of nitrogens with zero attached hydrogens (tertiary/aromatic N) is 2. The minimum absolute atomic E-state index is 0.121. The summed E-state index contributed by atoms with van der Waals surface area (Å²) in [5.74, 6) is 3.48. The number of esters is 1. The van der Waals surface area contributed by atoms with Gasteiger partial charge in [0.25, 0.3) is 0 Å². The fraction of sp³-hybridized carbons (Fsp3) is 0.111. The van der Waals surface area contributed by atoms with Gasteiger partial charge in [0.15, 0.2) is 5.69 Å². The molecule has 7 heteroatoms. The molecule has 0 atom stereocenters. The summed E-state index contributed by atoms with van der Waals surface area (Å²) < 4.78 is 4.26. The Labute approximate surface area is 95.3 Å². The van der Waals surface area contributed by atoms with E-state index in [9.17, 15) is 14.9 Å². The van der Waals surface area contributed by atoms with Crippen molar-refractivity contribution in [1.29, 1.82) is 0 Å². The maximum absolute atomic E-state index is 10.7. The van der Waals surface area contributed by atoms with Gasteiger partial charge in [-0.2, -0.15) is 0 Å². The van der Waals surface area contributed by atoms with Gasteiger partial charge in [-0.1, -0.05) is 11.6 Å². The van der Waals surface area contributed by atoms with Crippen LogP contribution in [0.25, 0.3) is 0 Å². The molecule has 0 fully saturated rings. The molecule has 0 radical (unpaired) electrons. The molecule has 0 saturated heterocycles. The average molecular weight is 241 g/mol. The zero-order chi connectivity index (χ0) is 12.1. The molecule has 1 heterocycles. The molecule has 1 aromatic rings. The fourth-order valence-corrected chi connectivity index (χ4v) is 0.977. The summed E-state index contributed by atoms with van der Waals surface area (Å²) in [4.78, 5) is 24.3. The normalized spacial score (nSPS) is 8.88.